The highest BCUT2D eigenvalue weighted by Crippen LogP contribution is 2.37. The third-order valence-corrected chi connectivity index (χ3v) is 6.22. The van der Waals surface area contributed by atoms with Crippen molar-refractivity contribution in [3.05, 3.63) is 88.3 Å². The monoisotopic (exact) mass is 441 g/mol. The summed E-state index contributed by atoms with van der Waals surface area (Å²) in [5.74, 6) is 1.53. The van der Waals surface area contributed by atoms with Gasteiger partial charge in [-0.3, -0.25) is 0 Å². The van der Waals surface area contributed by atoms with Gasteiger partial charge < -0.3 is 18.8 Å². The van der Waals surface area contributed by atoms with E-state index in [4.69, 9.17) is 13.9 Å². The molecule has 2 heterocycles. The first-order chi connectivity index (χ1) is 16.2. The quantitative estimate of drug-likeness (QED) is 0.335. The topological polar surface area (TPSA) is 51.9 Å². The fraction of sp³-hybridized carbons (Fsp3) is 0.250. The number of hydrogen-bond donors (Lipinski definition) is 0. The maximum Gasteiger partial charge on any atom is 0.336 e. The molecule has 0 spiro atoms. The number of ether oxygens (including phenoxy) is 2. The summed E-state index contributed by atoms with van der Waals surface area (Å²) in [7, 11) is 1.64. The van der Waals surface area contributed by atoms with Crippen LogP contribution in [0.3, 0.4) is 0 Å². The summed E-state index contributed by atoms with van der Waals surface area (Å²) in [4.78, 5) is 14.7. The van der Waals surface area contributed by atoms with Gasteiger partial charge in [0.1, 0.15) is 17.1 Å². The van der Waals surface area contributed by atoms with Crippen LogP contribution in [0.25, 0.3) is 22.1 Å². The van der Waals surface area contributed by atoms with Crippen LogP contribution < -0.4 is 20.0 Å². The molecule has 33 heavy (non-hydrogen) atoms. The van der Waals surface area contributed by atoms with Gasteiger partial charge >= 0.3 is 5.63 Å². The molecule has 0 unspecified atom stereocenters. The fourth-order valence-electron chi connectivity index (χ4n) is 4.36. The lowest BCUT2D eigenvalue weighted by atomic mass is 9.99. The number of nitrogens with zero attached hydrogens (tertiary/aromatic N) is 1. The Morgan fingerprint density at radius 3 is 2.52 bits per heavy atom. The third kappa shape index (κ3) is 4.19. The number of aryl methyl sites for hydroxylation is 1. The summed E-state index contributed by atoms with van der Waals surface area (Å²) in [5, 5.41) is 0.888. The molecule has 5 rings (SSSR count). The van der Waals surface area contributed by atoms with Gasteiger partial charge in [-0.15, -0.1) is 0 Å². The van der Waals surface area contributed by atoms with Crippen LogP contribution in [0, 0.1) is 0 Å². The molecule has 0 radical (unpaired) electrons. The van der Waals surface area contributed by atoms with Gasteiger partial charge in [-0.2, -0.15) is 0 Å². The zero-order chi connectivity index (χ0) is 22.8. The van der Waals surface area contributed by atoms with Gasteiger partial charge in [0.25, 0.3) is 0 Å². The van der Waals surface area contributed by atoms with E-state index in [1.807, 2.05) is 36.4 Å². The highest BCUT2D eigenvalue weighted by molar-refractivity contribution is 5.96. The first kappa shape index (κ1) is 21.1. The van der Waals surface area contributed by atoms with E-state index in [0.717, 1.165) is 45.7 Å². The first-order valence-electron chi connectivity index (χ1n) is 11.4. The van der Waals surface area contributed by atoms with Crippen molar-refractivity contribution in [1.29, 1.82) is 0 Å². The zero-order valence-corrected chi connectivity index (χ0v) is 19.0. The number of rotatable bonds is 6. The summed E-state index contributed by atoms with van der Waals surface area (Å²) >= 11 is 0. The summed E-state index contributed by atoms with van der Waals surface area (Å²) in [6.07, 6.45) is 3.48. The highest BCUT2D eigenvalue weighted by Gasteiger charge is 2.23. The van der Waals surface area contributed by atoms with Crippen molar-refractivity contribution >= 4 is 16.7 Å². The predicted octanol–water partition coefficient (Wildman–Crippen LogP) is 6.17. The Morgan fingerprint density at radius 1 is 1.00 bits per heavy atom. The lowest BCUT2D eigenvalue weighted by molar-refractivity contribution is 0.289. The molecule has 1 aliphatic heterocycles. The van der Waals surface area contributed by atoms with Crippen molar-refractivity contribution in [2.24, 2.45) is 0 Å². The van der Waals surface area contributed by atoms with E-state index < -0.39 is 0 Å². The van der Waals surface area contributed by atoms with E-state index >= 15 is 0 Å². The summed E-state index contributed by atoms with van der Waals surface area (Å²) in [5.41, 5.74) is 5.30. The molecular formula is C28H27NO4. The molecule has 3 aromatic carbocycles. The van der Waals surface area contributed by atoms with Crippen molar-refractivity contribution in [3.63, 3.8) is 0 Å². The Morgan fingerprint density at radius 2 is 1.79 bits per heavy atom. The molecule has 5 heteroatoms. The first-order valence-corrected chi connectivity index (χ1v) is 11.4. The van der Waals surface area contributed by atoms with Crippen LogP contribution in [0.15, 0.2) is 75.9 Å². The van der Waals surface area contributed by atoms with Gasteiger partial charge in [-0.25, -0.2) is 4.79 Å². The SMILES string of the molecule is CCCCc1ccc(N2COc3ccc4c(-c5ccc(OC)cc5)cc(=O)oc4c3C2)cc1. The third-order valence-electron chi connectivity index (χ3n) is 6.22. The molecule has 0 saturated heterocycles. The maximum atomic E-state index is 12.5. The number of hydrogen-bond acceptors (Lipinski definition) is 5. The lowest BCUT2D eigenvalue weighted by Crippen LogP contribution is -2.32. The maximum absolute atomic E-state index is 12.5. The Balaban J connectivity index is 1.52. The average Bonchev–Trinajstić information content (AvgIpc) is 2.87. The normalized spacial score (nSPS) is 13.0. The van der Waals surface area contributed by atoms with Crippen LogP contribution in [-0.4, -0.2) is 13.8 Å². The van der Waals surface area contributed by atoms with Crippen molar-refractivity contribution in [3.8, 4) is 22.6 Å². The molecule has 0 aliphatic carbocycles. The average molecular weight is 442 g/mol. The number of unbranched alkanes of at least 4 members (excludes halogenated alkanes) is 1. The van der Waals surface area contributed by atoms with E-state index in [0.29, 0.717) is 18.9 Å². The number of methoxy groups -OCH3 is 1. The number of benzene rings is 3. The van der Waals surface area contributed by atoms with Crippen molar-refractivity contribution < 1.29 is 13.9 Å². The molecule has 168 valence electrons. The molecule has 0 atom stereocenters. The van der Waals surface area contributed by atoms with E-state index in [9.17, 15) is 4.79 Å². The summed E-state index contributed by atoms with van der Waals surface area (Å²) < 4.78 is 17.1. The van der Waals surface area contributed by atoms with E-state index in [1.54, 1.807) is 13.2 Å². The summed E-state index contributed by atoms with van der Waals surface area (Å²) in [6.45, 7) is 3.27. The van der Waals surface area contributed by atoms with E-state index in [2.05, 4.69) is 36.1 Å². The molecule has 4 aromatic rings. The van der Waals surface area contributed by atoms with Gasteiger partial charge in [0.15, 0.2) is 6.73 Å². The Labute approximate surface area is 193 Å². The van der Waals surface area contributed by atoms with Crippen LogP contribution in [0.1, 0.15) is 30.9 Å². The highest BCUT2D eigenvalue weighted by atomic mass is 16.5. The second kappa shape index (κ2) is 9.02. The molecule has 0 bridgehead atoms. The molecule has 0 amide bonds. The van der Waals surface area contributed by atoms with Crippen molar-refractivity contribution in [1.82, 2.24) is 0 Å². The summed E-state index contributed by atoms with van der Waals surface area (Å²) in [6, 6.07) is 21.8. The Kier molecular flexibility index (Phi) is 5.78. The van der Waals surface area contributed by atoms with Crippen LogP contribution in [0.4, 0.5) is 5.69 Å². The minimum absolute atomic E-state index is 0.376. The minimum atomic E-state index is -0.376. The minimum Gasteiger partial charge on any atom is -0.497 e. The zero-order valence-electron chi connectivity index (χ0n) is 19.0. The van der Waals surface area contributed by atoms with Gasteiger partial charge in [0.05, 0.1) is 19.2 Å². The molecule has 0 saturated carbocycles. The van der Waals surface area contributed by atoms with Crippen LogP contribution >= 0.6 is 0 Å². The van der Waals surface area contributed by atoms with E-state index in [-0.39, 0.29) is 5.63 Å². The second-order valence-corrected chi connectivity index (χ2v) is 8.37. The number of anilines is 1. The van der Waals surface area contributed by atoms with Gasteiger partial charge in [0, 0.05) is 17.1 Å². The van der Waals surface area contributed by atoms with E-state index in [1.165, 1.54) is 18.4 Å². The molecule has 5 nitrogen and oxygen atoms in total. The number of fused-ring (bicyclic) bond motifs is 3. The van der Waals surface area contributed by atoms with Crippen LogP contribution in [0.2, 0.25) is 0 Å². The van der Waals surface area contributed by atoms with Crippen molar-refractivity contribution in [2.45, 2.75) is 32.7 Å². The van der Waals surface area contributed by atoms with Gasteiger partial charge in [-0.05, 0) is 65.9 Å². The second-order valence-electron chi connectivity index (χ2n) is 8.37. The van der Waals surface area contributed by atoms with Gasteiger partial charge in [-0.1, -0.05) is 37.6 Å². The fourth-order valence-corrected chi connectivity index (χ4v) is 4.36. The predicted molar refractivity (Wildman–Crippen MR) is 131 cm³/mol. The molecule has 1 aromatic heterocycles. The largest absolute Gasteiger partial charge is 0.497 e. The lowest BCUT2D eigenvalue weighted by Gasteiger charge is -2.31. The van der Waals surface area contributed by atoms with Crippen LogP contribution in [-0.2, 0) is 13.0 Å². The molecular weight excluding hydrogens is 414 g/mol. The van der Waals surface area contributed by atoms with Crippen LogP contribution in [0.5, 0.6) is 11.5 Å². The smallest absolute Gasteiger partial charge is 0.336 e. The van der Waals surface area contributed by atoms with Crippen molar-refractivity contribution in [2.75, 3.05) is 18.7 Å². The molecule has 0 fully saturated rings. The molecule has 1 aliphatic rings. The van der Waals surface area contributed by atoms with Gasteiger partial charge in [0.2, 0.25) is 0 Å². The Bertz CT molecular complexity index is 1320. The standard InChI is InChI=1S/C28H27NO4/c1-3-4-5-19-6-10-21(11-7-19)29-17-25-26(32-18-29)15-14-23-24(16-27(30)33-28(23)25)20-8-12-22(31-2)13-9-20/h6-16H,3-5,17-18H2,1-2H3. The Hall–Kier alpha value is -3.73. The molecule has 0 N–H and O–H groups in total.